The van der Waals surface area contributed by atoms with Crippen molar-refractivity contribution in [2.75, 3.05) is 45.9 Å². The number of aromatic nitrogens is 2. The first-order valence-electron chi connectivity index (χ1n) is 7.42. The fourth-order valence-electron chi connectivity index (χ4n) is 3.01. The number of β-amino-alcohol motifs (C(OH)–C–C–N with tert-alkyl or cyclic N) is 1. The Morgan fingerprint density at radius 2 is 2.14 bits per heavy atom. The lowest BCUT2D eigenvalue weighted by molar-refractivity contribution is -0.132. The third kappa shape index (κ3) is 3.61. The monoisotopic (exact) mass is 294 g/mol. The van der Waals surface area contributed by atoms with Gasteiger partial charge in [-0.15, -0.1) is 0 Å². The number of ether oxygens (including phenoxy) is 1. The normalized spacial score (nSPS) is 27.2. The Hall–Kier alpha value is -1.44. The van der Waals surface area contributed by atoms with E-state index in [0.717, 1.165) is 26.3 Å². The van der Waals surface area contributed by atoms with E-state index >= 15 is 0 Å². The maximum Gasteiger partial charge on any atom is 0.244 e. The lowest BCUT2D eigenvalue weighted by atomic mass is 10.0. The van der Waals surface area contributed by atoms with Crippen LogP contribution in [0.15, 0.2) is 18.5 Å². The molecule has 0 aliphatic carbocycles. The number of hydrogen-bond acceptors (Lipinski definition) is 5. The number of hydrogen-bond donors (Lipinski definition) is 1. The van der Waals surface area contributed by atoms with Crippen molar-refractivity contribution in [2.45, 2.75) is 18.6 Å². The molecule has 7 heteroatoms. The summed E-state index contributed by atoms with van der Waals surface area (Å²) in [6, 6.07) is 1.80. The van der Waals surface area contributed by atoms with Crippen LogP contribution in [0.1, 0.15) is 6.42 Å². The van der Waals surface area contributed by atoms with Crippen molar-refractivity contribution >= 4 is 5.91 Å². The second kappa shape index (κ2) is 6.13. The third-order valence-electron chi connectivity index (χ3n) is 4.16. The highest BCUT2D eigenvalue weighted by Gasteiger charge is 2.39. The largest absolute Gasteiger partial charge is 0.387 e. The number of aliphatic hydroxyl groups is 1. The predicted octanol–water partition coefficient (Wildman–Crippen LogP) is -0.821. The Morgan fingerprint density at radius 3 is 2.86 bits per heavy atom. The molecule has 0 bridgehead atoms. The lowest BCUT2D eigenvalue weighted by Crippen LogP contribution is -2.49. The molecule has 0 unspecified atom stereocenters. The van der Waals surface area contributed by atoms with Crippen LogP contribution in [0, 0.1) is 0 Å². The van der Waals surface area contributed by atoms with Crippen LogP contribution in [-0.2, 0) is 16.1 Å². The van der Waals surface area contributed by atoms with E-state index in [1.807, 2.05) is 0 Å². The number of likely N-dealkylation sites (tertiary alicyclic amines) is 1. The number of carbonyl (C=O) groups excluding carboxylic acids is 1. The molecule has 1 atom stereocenters. The second-order valence-electron chi connectivity index (χ2n) is 5.88. The van der Waals surface area contributed by atoms with Crippen LogP contribution >= 0.6 is 0 Å². The third-order valence-corrected chi connectivity index (χ3v) is 4.16. The smallest absolute Gasteiger partial charge is 0.244 e. The molecule has 7 nitrogen and oxygen atoms in total. The van der Waals surface area contributed by atoms with Crippen molar-refractivity contribution < 1.29 is 14.6 Å². The summed E-state index contributed by atoms with van der Waals surface area (Å²) in [6.45, 7) is 5.01. The summed E-state index contributed by atoms with van der Waals surface area (Å²) < 4.78 is 6.93. The molecule has 2 fully saturated rings. The minimum absolute atomic E-state index is 0.0107. The summed E-state index contributed by atoms with van der Waals surface area (Å²) in [4.78, 5) is 16.2. The van der Waals surface area contributed by atoms with Crippen molar-refractivity contribution in [3.63, 3.8) is 0 Å². The Balaban J connectivity index is 1.52. The van der Waals surface area contributed by atoms with Gasteiger partial charge in [0.05, 0.1) is 25.4 Å². The van der Waals surface area contributed by atoms with Gasteiger partial charge in [-0.25, -0.2) is 0 Å². The molecule has 0 spiro atoms. The van der Waals surface area contributed by atoms with E-state index in [4.69, 9.17) is 4.74 Å². The van der Waals surface area contributed by atoms with Gasteiger partial charge in [0.2, 0.25) is 5.91 Å². The summed E-state index contributed by atoms with van der Waals surface area (Å²) in [6.07, 6.45) is 4.06. The average molecular weight is 294 g/mol. The first-order valence-corrected chi connectivity index (χ1v) is 7.42. The van der Waals surface area contributed by atoms with Crippen molar-refractivity contribution in [3.8, 4) is 0 Å². The minimum atomic E-state index is -0.795. The molecule has 0 saturated carbocycles. The molecule has 2 aliphatic rings. The molecule has 21 heavy (non-hydrogen) atoms. The topological polar surface area (TPSA) is 70.8 Å². The van der Waals surface area contributed by atoms with Gasteiger partial charge in [0, 0.05) is 38.6 Å². The van der Waals surface area contributed by atoms with Gasteiger partial charge in [0.1, 0.15) is 6.54 Å². The zero-order valence-electron chi connectivity index (χ0n) is 12.1. The molecule has 1 aromatic heterocycles. The van der Waals surface area contributed by atoms with Gasteiger partial charge in [0.25, 0.3) is 0 Å². The highest BCUT2D eigenvalue weighted by atomic mass is 16.5. The Kier molecular flexibility index (Phi) is 4.23. The van der Waals surface area contributed by atoms with Gasteiger partial charge in [0.15, 0.2) is 0 Å². The van der Waals surface area contributed by atoms with Crippen LogP contribution in [-0.4, -0.2) is 82.1 Å². The maximum atomic E-state index is 12.2. The standard InChI is InChI=1S/C14H22N4O3/c19-13(10-18-4-1-3-15-18)17-5-2-14(20,12-17)11-16-6-8-21-9-7-16/h1,3-4,20H,2,5-12H2/t14-/m0/s1. The Morgan fingerprint density at radius 1 is 1.33 bits per heavy atom. The van der Waals surface area contributed by atoms with E-state index in [1.54, 1.807) is 28.0 Å². The van der Waals surface area contributed by atoms with E-state index in [0.29, 0.717) is 26.1 Å². The molecular formula is C14H22N4O3. The van der Waals surface area contributed by atoms with Crippen LogP contribution in [0.3, 0.4) is 0 Å². The number of carbonyl (C=O) groups is 1. The van der Waals surface area contributed by atoms with E-state index in [-0.39, 0.29) is 12.5 Å². The summed E-state index contributed by atoms with van der Waals surface area (Å²) in [5.41, 5.74) is -0.795. The summed E-state index contributed by atoms with van der Waals surface area (Å²) in [7, 11) is 0. The molecule has 0 aromatic carbocycles. The van der Waals surface area contributed by atoms with Gasteiger partial charge >= 0.3 is 0 Å². The molecule has 0 radical (unpaired) electrons. The van der Waals surface area contributed by atoms with Crippen LogP contribution in [0.2, 0.25) is 0 Å². The first-order chi connectivity index (χ1) is 10.1. The number of nitrogens with zero attached hydrogens (tertiary/aromatic N) is 4. The highest BCUT2D eigenvalue weighted by Crippen LogP contribution is 2.23. The van der Waals surface area contributed by atoms with Crippen molar-refractivity contribution in [1.29, 1.82) is 0 Å². The van der Waals surface area contributed by atoms with Crippen LogP contribution in [0.5, 0.6) is 0 Å². The van der Waals surface area contributed by atoms with E-state index in [9.17, 15) is 9.90 Å². The molecule has 116 valence electrons. The fraction of sp³-hybridized carbons (Fsp3) is 0.714. The van der Waals surface area contributed by atoms with Crippen molar-refractivity contribution in [3.05, 3.63) is 18.5 Å². The summed E-state index contributed by atoms with van der Waals surface area (Å²) in [5, 5.41) is 14.7. The second-order valence-corrected chi connectivity index (χ2v) is 5.88. The first kappa shape index (κ1) is 14.5. The van der Waals surface area contributed by atoms with Gasteiger partial charge in [-0.2, -0.15) is 5.10 Å². The quantitative estimate of drug-likeness (QED) is 0.785. The van der Waals surface area contributed by atoms with Crippen LogP contribution in [0.4, 0.5) is 0 Å². The lowest BCUT2D eigenvalue weighted by Gasteiger charge is -2.33. The summed E-state index contributed by atoms with van der Waals surface area (Å²) >= 11 is 0. The van der Waals surface area contributed by atoms with Gasteiger partial charge in [-0.1, -0.05) is 0 Å². The number of amides is 1. The zero-order chi connectivity index (χ0) is 14.7. The fourth-order valence-corrected chi connectivity index (χ4v) is 3.01. The Bertz CT molecular complexity index is 473. The van der Waals surface area contributed by atoms with E-state index in [1.165, 1.54) is 0 Å². The molecule has 1 amide bonds. The van der Waals surface area contributed by atoms with Gasteiger partial charge in [-0.05, 0) is 12.5 Å². The molecular weight excluding hydrogens is 272 g/mol. The SMILES string of the molecule is O=C(Cn1cccn1)N1CC[C@](O)(CN2CCOCC2)C1. The van der Waals surface area contributed by atoms with Crippen LogP contribution < -0.4 is 0 Å². The predicted molar refractivity (Wildman–Crippen MR) is 75.6 cm³/mol. The number of morpholine rings is 1. The van der Waals surface area contributed by atoms with Crippen molar-refractivity contribution in [2.24, 2.45) is 0 Å². The molecule has 3 rings (SSSR count). The number of rotatable bonds is 4. The van der Waals surface area contributed by atoms with Crippen LogP contribution in [0.25, 0.3) is 0 Å². The molecule has 3 heterocycles. The van der Waals surface area contributed by atoms with E-state index in [2.05, 4.69) is 10.00 Å². The molecule has 1 N–H and O–H groups in total. The van der Waals surface area contributed by atoms with Gasteiger partial charge < -0.3 is 14.7 Å². The molecule has 2 saturated heterocycles. The molecule has 1 aromatic rings. The van der Waals surface area contributed by atoms with Crippen molar-refractivity contribution in [1.82, 2.24) is 19.6 Å². The highest BCUT2D eigenvalue weighted by molar-refractivity contribution is 5.76. The Labute approximate surface area is 124 Å². The zero-order valence-corrected chi connectivity index (χ0v) is 12.1. The van der Waals surface area contributed by atoms with Gasteiger partial charge in [-0.3, -0.25) is 14.4 Å². The maximum absolute atomic E-state index is 12.2. The minimum Gasteiger partial charge on any atom is -0.387 e. The summed E-state index contributed by atoms with van der Waals surface area (Å²) in [5.74, 6) is 0.0107. The van der Waals surface area contributed by atoms with E-state index < -0.39 is 5.60 Å². The molecule has 2 aliphatic heterocycles. The average Bonchev–Trinajstić information content (AvgIpc) is 3.10.